The maximum Gasteiger partial charge on any atom is 0.321 e. The van der Waals surface area contributed by atoms with E-state index >= 15 is 0 Å². The monoisotopic (exact) mass is 318 g/mol. The van der Waals surface area contributed by atoms with E-state index in [4.69, 9.17) is 0 Å². The molecule has 1 aliphatic carbocycles. The number of carbonyl (C=O) groups is 1. The summed E-state index contributed by atoms with van der Waals surface area (Å²) >= 11 is 0. The highest BCUT2D eigenvalue weighted by atomic mass is 32.2. The summed E-state index contributed by atoms with van der Waals surface area (Å²) in [6.45, 7) is 0.958. The Hall–Kier alpha value is -0.660. The molecule has 0 N–H and O–H groups in total. The van der Waals surface area contributed by atoms with Crippen LogP contribution in [-0.2, 0) is 19.7 Å². The van der Waals surface area contributed by atoms with Gasteiger partial charge in [0.05, 0.1) is 7.11 Å². The molecule has 122 valence electrons. The summed E-state index contributed by atoms with van der Waals surface area (Å²) in [5.74, 6) is -0.486. The number of esters is 1. The molecule has 2 fully saturated rings. The number of nitrogens with zero attached hydrogens (tertiary/aromatic N) is 2. The van der Waals surface area contributed by atoms with Gasteiger partial charge in [0, 0.05) is 19.1 Å². The summed E-state index contributed by atoms with van der Waals surface area (Å²) in [6.07, 6.45) is 7.68. The number of carbonyl (C=O) groups excluding carboxylic acids is 1. The average Bonchev–Trinajstić information content (AvgIpc) is 2.84. The third-order valence-corrected chi connectivity index (χ3v) is 6.47. The molecule has 0 unspecified atom stereocenters. The molecule has 1 saturated carbocycles. The van der Waals surface area contributed by atoms with Crippen molar-refractivity contribution in [1.82, 2.24) is 8.61 Å². The van der Waals surface area contributed by atoms with Crippen LogP contribution in [0.5, 0.6) is 0 Å². The molecule has 2 aliphatic rings. The minimum absolute atomic E-state index is 0.0580. The van der Waals surface area contributed by atoms with Crippen LogP contribution in [0.3, 0.4) is 0 Å². The fourth-order valence-corrected chi connectivity index (χ4v) is 5.08. The van der Waals surface area contributed by atoms with E-state index < -0.39 is 16.2 Å². The van der Waals surface area contributed by atoms with Crippen LogP contribution in [0.1, 0.15) is 51.4 Å². The van der Waals surface area contributed by atoms with Gasteiger partial charge in [-0.25, -0.2) is 0 Å². The molecule has 0 aromatic rings. The smallest absolute Gasteiger partial charge is 0.321 e. The van der Waals surface area contributed by atoms with Gasteiger partial charge in [-0.1, -0.05) is 25.7 Å². The molecule has 0 atom stereocenters. The van der Waals surface area contributed by atoms with Crippen LogP contribution >= 0.6 is 0 Å². The van der Waals surface area contributed by atoms with E-state index in [0.29, 0.717) is 13.1 Å². The van der Waals surface area contributed by atoms with Gasteiger partial charge >= 0.3 is 5.97 Å². The minimum atomic E-state index is -3.57. The van der Waals surface area contributed by atoms with Gasteiger partial charge < -0.3 is 4.74 Å². The first kappa shape index (κ1) is 16.7. The summed E-state index contributed by atoms with van der Waals surface area (Å²) in [6, 6.07) is -0.0580. The van der Waals surface area contributed by atoms with Gasteiger partial charge in [-0.2, -0.15) is 17.0 Å². The van der Waals surface area contributed by atoms with Gasteiger partial charge in [-0.3, -0.25) is 4.79 Å². The lowest BCUT2D eigenvalue weighted by molar-refractivity contribution is -0.141. The van der Waals surface area contributed by atoms with Crippen molar-refractivity contribution in [3.8, 4) is 0 Å². The highest BCUT2D eigenvalue weighted by molar-refractivity contribution is 7.86. The maximum atomic E-state index is 12.9. The zero-order valence-corrected chi connectivity index (χ0v) is 13.6. The molecule has 2 rings (SSSR count). The van der Waals surface area contributed by atoms with Gasteiger partial charge in [0.2, 0.25) is 0 Å². The van der Waals surface area contributed by atoms with Gasteiger partial charge in [0.25, 0.3) is 10.2 Å². The predicted molar refractivity (Wildman–Crippen MR) is 79.9 cm³/mol. The van der Waals surface area contributed by atoms with Gasteiger partial charge in [0.15, 0.2) is 0 Å². The number of hydrogen-bond acceptors (Lipinski definition) is 4. The molecule has 0 spiro atoms. The fraction of sp³-hybridized carbons (Fsp3) is 0.929. The van der Waals surface area contributed by atoms with Crippen LogP contribution in [0.25, 0.3) is 0 Å². The van der Waals surface area contributed by atoms with Crippen molar-refractivity contribution >= 4 is 16.2 Å². The third-order valence-electron chi connectivity index (χ3n) is 4.43. The molecule has 0 amide bonds. The molecule has 1 aliphatic heterocycles. The fourth-order valence-electron chi connectivity index (χ4n) is 3.20. The van der Waals surface area contributed by atoms with Crippen LogP contribution < -0.4 is 0 Å². The Morgan fingerprint density at radius 2 is 1.67 bits per heavy atom. The second kappa shape index (κ2) is 7.56. The van der Waals surface area contributed by atoms with Crippen LogP contribution in [0.2, 0.25) is 0 Å². The quantitative estimate of drug-likeness (QED) is 0.721. The van der Waals surface area contributed by atoms with Crippen molar-refractivity contribution in [2.75, 3.05) is 26.7 Å². The maximum absolute atomic E-state index is 12.9. The minimum Gasteiger partial charge on any atom is -0.468 e. The van der Waals surface area contributed by atoms with Crippen molar-refractivity contribution in [3.63, 3.8) is 0 Å². The molecular weight excluding hydrogens is 292 g/mol. The van der Waals surface area contributed by atoms with Crippen LogP contribution in [0.4, 0.5) is 0 Å². The number of methoxy groups -OCH3 is 1. The van der Waals surface area contributed by atoms with Gasteiger partial charge in [-0.05, 0) is 25.7 Å². The van der Waals surface area contributed by atoms with E-state index in [9.17, 15) is 13.2 Å². The lowest BCUT2D eigenvalue weighted by Crippen LogP contribution is -2.50. The Balaban J connectivity index is 2.17. The lowest BCUT2D eigenvalue weighted by atomic mass is 10.2. The summed E-state index contributed by atoms with van der Waals surface area (Å²) < 4.78 is 33.5. The molecule has 7 heteroatoms. The second-order valence-electron chi connectivity index (χ2n) is 5.88. The SMILES string of the molecule is COC(=O)CN(C1CCCC1)S(=O)(=O)N1CCCCCC1. The van der Waals surface area contributed by atoms with E-state index in [1.807, 2.05) is 0 Å². The topological polar surface area (TPSA) is 66.9 Å². The van der Waals surface area contributed by atoms with Crippen molar-refractivity contribution in [2.45, 2.75) is 57.4 Å². The molecule has 1 saturated heterocycles. The highest BCUT2D eigenvalue weighted by Crippen LogP contribution is 2.28. The first-order chi connectivity index (χ1) is 10.1. The Morgan fingerprint density at radius 1 is 1.10 bits per heavy atom. The lowest BCUT2D eigenvalue weighted by Gasteiger charge is -2.32. The Bertz CT molecular complexity index is 438. The average molecular weight is 318 g/mol. The summed E-state index contributed by atoms with van der Waals surface area (Å²) in [5, 5.41) is 0. The molecule has 1 heterocycles. The zero-order valence-electron chi connectivity index (χ0n) is 12.8. The largest absolute Gasteiger partial charge is 0.468 e. The third kappa shape index (κ3) is 4.17. The standard InChI is InChI=1S/C14H26N2O4S/c1-20-14(17)12-16(13-8-4-5-9-13)21(18,19)15-10-6-2-3-7-11-15/h13H,2-12H2,1H3. The van der Waals surface area contributed by atoms with Crippen molar-refractivity contribution < 1.29 is 17.9 Å². The van der Waals surface area contributed by atoms with Crippen molar-refractivity contribution in [1.29, 1.82) is 0 Å². The van der Waals surface area contributed by atoms with Crippen molar-refractivity contribution in [3.05, 3.63) is 0 Å². The highest BCUT2D eigenvalue weighted by Gasteiger charge is 2.37. The molecule has 21 heavy (non-hydrogen) atoms. The molecule has 0 aromatic heterocycles. The summed E-state index contributed by atoms with van der Waals surface area (Å²) in [4.78, 5) is 11.6. The van der Waals surface area contributed by atoms with E-state index in [1.54, 1.807) is 4.31 Å². The number of hydrogen-bond donors (Lipinski definition) is 0. The first-order valence-electron chi connectivity index (χ1n) is 7.89. The molecule has 0 radical (unpaired) electrons. The molecule has 0 bridgehead atoms. The first-order valence-corrected chi connectivity index (χ1v) is 9.29. The Labute approximate surface area is 127 Å². The van der Waals surface area contributed by atoms with Gasteiger partial charge in [0.1, 0.15) is 6.54 Å². The van der Waals surface area contributed by atoms with Crippen LogP contribution in [0.15, 0.2) is 0 Å². The van der Waals surface area contributed by atoms with E-state index in [0.717, 1.165) is 51.4 Å². The molecular formula is C14H26N2O4S. The Morgan fingerprint density at radius 3 is 2.19 bits per heavy atom. The van der Waals surface area contributed by atoms with E-state index in [-0.39, 0.29) is 12.6 Å². The summed E-state index contributed by atoms with van der Waals surface area (Å²) in [5.41, 5.74) is 0. The van der Waals surface area contributed by atoms with E-state index in [1.165, 1.54) is 11.4 Å². The second-order valence-corrected chi connectivity index (χ2v) is 7.76. The van der Waals surface area contributed by atoms with Gasteiger partial charge in [-0.15, -0.1) is 0 Å². The van der Waals surface area contributed by atoms with Crippen LogP contribution in [0, 0.1) is 0 Å². The molecule has 0 aromatic carbocycles. The van der Waals surface area contributed by atoms with Crippen molar-refractivity contribution in [2.24, 2.45) is 0 Å². The Kier molecular flexibility index (Phi) is 6.01. The predicted octanol–water partition coefficient (Wildman–Crippen LogP) is 1.52. The molecule has 6 nitrogen and oxygen atoms in total. The summed E-state index contributed by atoms with van der Waals surface area (Å²) in [7, 11) is -2.27. The zero-order chi connectivity index (χ0) is 15.3. The number of ether oxygens (including phenoxy) is 1. The van der Waals surface area contributed by atoms with Crippen LogP contribution in [-0.4, -0.2) is 55.8 Å². The van der Waals surface area contributed by atoms with E-state index in [2.05, 4.69) is 4.74 Å². The number of rotatable bonds is 5. The normalized spacial score (nSPS) is 22.4.